The summed E-state index contributed by atoms with van der Waals surface area (Å²) in [5.41, 5.74) is 0. The molecule has 0 bridgehead atoms. The lowest BCUT2D eigenvalue weighted by molar-refractivity contribution is -0.131. The van der Waals surface area contributed by atoms with Crippen molar-refractivity contribution in [1.29, 1.82) is 0 Å². The van der Waals surface area contributed by atoms with Crippen LogP contribution in [0.2, 0.25) is 0 Å². The first kappa shape index (κ1) is 17.1. The average Bonchev–Trinajstić information content (AvgIpc) is 2.87. The number of hydrogen-bond donors (Lipinski definition) is 0. The molecule has 1 fully saturated rings. The molecule has 0 radical (unpaired) electrons. The molecule has 2 heterocycles. The van der Waals surface area contributed by atoms with Gasteiger partial charge in [-0.1, -0.05) is 6.07 Å². The molecule has 0 N–H and O–H groups in total. The third-order valence-corrected chi connectivity index (χ3v) is 5.85. The molecule has 0 saturated carbocycles. The van der Waals surface area contributed by atoms with Crippen LogP contribution in [0.1, 0.15) is 28.9 Å². The summed E-state index contributed by atoms with van der Waals surface area (Å²) in [7, 11) is -3.21. The van der Waals surface area contributed by atoms with Gasteiger partial charge in [-0.15, -0.1) is 11.3 Å². The Morgan fingerprint density at radius 3 is 2.59 bits per heavy atom. The fourth-order valence-electron chi connectivity index (χ4n) is 2.41. The van der Waals surface area contributed by atoms with E-state index >= 15 is 0 Å². The molecule has 2 rings (SSSR count). The van der Waals surface area contributed by atoms with Crippen molar-refractivity contribution in [2.45, 2.75) is 19.3 Å². The Balaban J connectivity index is 1.84. The van der Waals surface area contributed by atoms with Crippen molar-refractivity contribution in [2.24, 2.45) is 0 Å². The molecule has 0 aromatic carbocycles. The van der Waals surface area contributed by atoms with Crippen LogP contribution in [0.4, 0.5) is 0 Å². The quantitative estimate of drug-likeness (QED) is 0.753. The average molecular weight is 344 g/mol. The van der Waals surface area contributed by atoms with E-state index in [-0.39, 0.29) is 24.5 Å². The van der Waals surface area contributed by atoms with E-state index in [4.69, 9.17) is 0 Å². The number of ketones is 1. The maximum atomic E-state index is 12.2. The maximum Gasteiger partial charge on any atom is 0.223 e. The molecular weight excluding hydrogens is 324 g/mol. The molecule has 1 aromatic heterocycles. The summed E-state index contributed by atoms with van der Waals surface area (Å²) in [5, 5.41) is 1.84. The minimum atomic E-state index is -3.21. The van der Waals surface area contributed by atoms with Gasteiger partial charge in [0.1, 0.15) is 0 Å². The predicted octanol–water partition coefficient (Wildman–Crippen LogP) is 1.20. The second kappa shape index (κ2) is 7.34. The fourth-order valence-corrected chi connectivity index (χ4v) is 3.98. The molecule has 0 aliphatic carbocycles. The second-order valence-corrected chi connectivity index (χ2v) is 8.23. The summed E-state index contributed by atoms with van der Waals surface area (Å²) in [5.74, 6) is -0.101. The monoisotopic (exact) mass is 344 g/mol. The summed E-state index contributed by atoms with van der Waals surface area (Å²) in [6.45, 7) is 1.69. The van der Waals surface area contributed by atoms with Gasteiger partial charge >= 0.3 is 0 Å². The standard InChI is InChI=1S/C14H20N2O4S2/c1-22(19,20)16-8-3-7-15(9-10-16)14(18)6-5-12(17)13-4-2-11-21-13/h2,4,11H,3,5-10H2,1H3. The lowest BCUT2D eigenvalue weighted by atomic mass is 10.2. The first-order valence-corrected chi connectivity index (χ1v) is 9.90. The van der Waals surface area contributed by atoms with Crippen LogP contribution < -0.4 is 0 Å². The van der Waals surface area contributed by atoms with Crippen molar-refractivity contribution in [3.8, 4) is 0 Å². The van der Waals surface area contributed by atoms with Gasteiger partial charge in [-0.05, 0) is 17.9 Å². The molecule has 22 heavy (non-hydrogen) atoms. The first-order valence-electron chi connectivity index (χ1n) is 7.17. The molecule has 1 aromatic rings. The highest BCUT2D eigenvalue weighted by atomic mass is 32.2. The van der Waals surface area contributed by atoms with Crippen molar-refractivity contribution in [3.63, 3.8) is 0 Å². The van der Waals surface area contributed by atoms with Crippen LogP contribution in [0.15, 0.2) is 17.5 Å². The first-order chi connectivity index (χ1) is 10.4. The van der Waals surface area contributed by atoms with Gasteiger partial charge in [0.25, 0.3) is 0 Å². The Bertz CT molecular complexity index is 625. The molecule has 122 valence electrons. The van der Waals surface area contributed by atoms with Crippen molar-refractivity contribution in [1.82, 2.24) is 9.21 Å². The molecule has 0 atom stereocenters. The van der Waals surface area contributed by atoms with E-state index < -0.39 is 10.0 Å². The molecule has 6 nitrogen and oxygen atoms in total. The van der Waals surface area contributed by atoms with Crippen LogP contribution in [-0.2, 0) is 14.8 Å². The number of amides is 1. The van der Waals surface area contributed by atoms with Gasteiger partial charge < -0.3 is 4.90 Å². The highest BCUT2D eigenvalue weighted by Crippen LogP contribution is 2.14. The van der Waals surface area contributed by atoms with Gasteiger partial charge in [-0.2, -0.15) is 0 Å². The summed E-state index contributed by atoms with van der Waals surface area (Å²) in [6, 6.07) is 3.57. The Morgan fingerprint density at radius 2 is 1.95 bits per heavy atom. The number of Topliss-reactive ketones (excluding diaryl/α,β-unsaturated/α-hetero) is 1. The van der Waals surface area contributed by atoms with Gasteiger partial charge in [0.2, 0.25) is 15.9 Å². The fraction of sp³-hybridized carbons (Fsp3) is 0.571. The number of nitrogens with zero attached hydrogens (tertiary/aromatic N) is 2. The Morgan fingerprint density at radius 1 is 1.18 bits per heavy atom. The van der Waals surface area contributed by atoms with Crippen molar-refractivity contribution >= 4 is 33.1 Å². The minimum Gasteiger partial charge on any atom is -0.341 e. The summed E-state index contributed by atoms with van der Waals surface area (Å²) in [6.07, 6.45) is 2.18. The molecule has 1 saturated heterocycles. The Hall–Kier alpha value is -1.25. The van der Waals surface area contributed by atoms with Crippen LogP contribution in [0.25, 0.3) is 0 Å². The van der Waals surface area contributed by atoms with Crippen LogP contribution in [0.5, 0.6) is 0 Å². The van der Waals surface area contributed by atoms with E-state index in [1.807, 2.05) is 11.4 Å². The molecule has 0 unspecified atom stereocenters. The van der Waals surface area contributed by atoms with Gasteiger partial charge in [0.05, 0.1) is 11.1 Å². The van der Waals surface area contributed by atoms with E-state index in [9.17, 15) is 18.0 Å². The molecule has 1 aliphatic heterocycles. The third-order valence-electron chi connectivity index (χ3n) is 3.64. The van der Waals surface area contributed by atoms with Crippen LogP contribution in [0.3, 0.4) is 0 Å². The number of carbonyl (C=O) groups excluding carboxylic acids is 2. The zero-order valence-corrected chi connectivity index (χ0v) is 14.2. The van der Waals surface area contributed by atoms with Crippen molar-refractivity contribution < 1.29 is 18.0 Å². The number of carbonyl (C=O) groups is 2. The van der Waals surface area contributed by atoms with Crippen LogP contribution >= 0.6 is 11.3 Å². The van der Waals surface area contributed by atoms with Gasteiger partial charge in [-0.25, -0.2) is 12.7 Å². The highest BCUT2D eigenvalue weighted by Gasteiger charge is 2.24. The molecule has 8 heteroatoms. The second-order valence-electron chi connectivity index (χ2n) is 5.30. The zero-order valence-electron chi connectivity index (χ0n) is 12.5. The minimum absolute atomic E-state index is 0.0177. The van der Waals surface area contributed by atoms with Gasteiger partial charge in [0.15, 0.2) is 5.78 Å². The zero-order chi connectivity index (χ0) is 16.2. The van der Waals surface area contributed by atoms with Gasteiger partial charge in [-0.3, -0.25) is 9.59 Å². The summed E-state index contributed by atoms with van der Waals surface area (Å²) < 4.78 is 24.5. The number of rotatable bonds is 5. The molecule has 1 amide bonds. The normalized spacial score (nSPS) is 17.2. The number of hydrogen-bond acceptors (Lipinski definition) is 5. The molecule has 0 spiro atoms. The van der Waals surface area contributed by atoms with Crippen molar-refractivity contribution in [2.75, 3.05) is 32.4 Å². The number of sulfonamides is 1. The van der Waals surface area contributed by atoms with E-state index in [0.29, 0.717) is 37.5 Å². The highest BCUT2D eigenvalue weighted by molar-refractivity contribution is 7.88. The van der Waals surface area contributed by atoms with Crippen molar-refractivity contribution in [3.05, 3.63) is 22.4 Å². The largest absolute Gasteiger partial charge is 0.341 e. The van der Waals surface area contributed by atoms with Crippen LogP contribution in [-0.4, -0.2) is 61.7 Å². The Labute approximate surface area is 134 Å². The van der Waals surface area contributed by atoms with Crippen LogP contribution in [0, 0.1) is 0 Å². The SMILES string of the molecule is CS(=O)(=O)N1CCCN(C(=O)CCC(=O)c2cccs2)CC1. The van der Waals surface area contributed by atoms with Gasteiger partial charge in [0, 0.05) is 39.0 Å². The molecular formula is C14H20N2O4S2. The lowest BCUT2D eigenvalue weighted by Gasteiger charge is -2.20. The number of thiophene rings is 1. The van der Waals surface area contributed by atoms with E-state index in [2.05, 4.69) is 0 Å². The Kier molecular flexibility index (Phi) is 5.71. The van der Waals surface area contributed by atoms with E-state index in [0.717, 1.165) is 0 Å². The van der Waals surface area contributed by atoms with E-state index in [1.165, 1.54) is 21.9 Å². The summed E-state index contributed by atoms with van der Waals surface area (Å²) >= 11 is 1.38. The molecule has 1 aliphatic rings. The third kappa shape index (κ3) is 4.62. The lowest BCUT2D eigenvalue weighted by Crippen LogP contribution is -2.37. The summed E-state index contributed by atoms with van der Waals surface area (Å²) in [4.78, 5) is 26.4. The maximum absolute atomic E-state index is 12.2. The topological polar surface area (TPSA) is 74.8 Å². The van der Waals surface area contributed by atoms with E-state index in [1.54, 1.807) is 11.0 Å². The smallest absolute Gasteiger partial charge is 0.223 e. The predicted molar refractivity (Wildman–Crippen MR) is 85.5 cm³/mol.